The maximum absolute atomic E-state index is 12.6. The van der Waals surface area contributed by atoms with Gasteiger partial charge in [0.05, 0.1) is 30.0 Å². The van der Waals surface area contributed by atoms with Crippen LogP contribution in [0.1, 0.15) is 10.4 Å². The molecule has 140 valence electrons. The summed E-state index contributed by atoms with van der Waals surface area (Å²) in [5.74, 6) is 0.776. The van der Waals surface area contributed by atoms with Gasteiger partial charge in [-0.15, -0.1) is 11.8 Å². The summed E-state index contributed by atoms with van der Waals surface area (Å²) in [4.78, 5) is 38.0. The summed E-state index contributed by atoms with van der Waals surface area (Å²) in [5.41, 5.74) is 1.30. The van der Waals surface area contributed by atoms with Crippen molar-refractivity contribution < 1.29 is 19.1 Å². The van der Waals surface area contributed by atoms with Crippen LogP contribution in [0.3, 0.4) is 0 Å². The SMILES string of the molecule is COc1cccc(NC(=O)c2ccccc2NC(=O)CN2CSCC2=O)c1. The van der Waals surface area contributed by atoms with E-state index in [0.717, 1.165) is 0 Å². The van der Waals surface area contributed by atoms with Gasteiger partial charge in [-0.2, -0.15) is 0 Å². The molecule has 0 saturated carbocycles. The molecular formula is C19H19N3O4S. The molecule has 2 aromatic carbocycles. The quantitative estimate of drug-likeness (QED) is 0.797. The number of nitrogens with zero attached hydrogens (tertiary/aromatic N) is 1. The highest BCUT2D eigenvalue weighted by Crippen LogP contribution is 2.21. The molecule has 1 fully saturated rings. The van der Waals surface area contributed by atoms with E-state index in [2.05, 4.69) is 10.6 Å². The molecule has 0 aliphatic carbocycles. The van der Waals surface area contributed by atoms with Crippen molar-refractivity contribution in [2.45, 2.75) is 0 Å². The van der Waals surface area contributed by atoms with Crippen molar-refractivity contribution in [1.82, 2.24) is 4.90 Å². The standard InChI is InChI=1S/C19H19N3O4S/c1-26-14-6-4-5-13(9-14)20-19(25)15-7-2-3-8-16(15)21-17(23)10-22-12-27-11-18(22)24/h2-9H,10-12H2,1H3,(H,20,25)(H,21,23). The van der Waals surface area contributed by atoms with Crippen LogP contribution in [0.25, 0.3) is 0 Å². The molecule has 7 nitrogen and oxygen atoms in total. The van der Waals surface area contributed by atoms with Crippen LogP contribution in [0.2, 0.25) is 0 Å². The minimum Gasteiger partial charge on any atom is -0.497 e. The minimum absolute atomic E-state index is 0.0301. The topological polar surface area (TPSA) is 87.7 Å². The maximum atomic E-state index is 12.6. The summed E-state index contributed by atoms with van der Waals surface area (Å²) in [6.07, 6.45) is 0. The highest BCUT2D eigenvalue weighted by atomic mass is 32.2. The van der Waals surface area contributed by atoms with E-state index in [0.29, 0.717) is 34.3 Å². The zero-order valence-electron chi connectivity index (χ0n) is 14.7. The van der Waals surface area contributed by atoms with Gasteiger partial charge in [0.2, 0.25) is 11.8 Å². The molecule has 0 aromatic heterocycles. The van der Waals surface area contributed by atoms with Gasteiger partial charge in [0, 0.05) is 11.8 Å². The number of anilines is 2. The van der Waals surface area contributed by atoms with Crippen molar-refractivity contribution in [1.29, 1.82) is 0 Å². The third-order valence-electron chi connectivity index (χ3n) is 3.93. The van der Waals surface area contributed by atoms with Crippen molar-refractivity contribution in [3.63, 3.8) is 0 Å². The lowest BCUT2D eigenvalue weighted by atomic mass is 10.1. The molecular weight excluding hydrogens is 366 g/mol. The van der Waals surface area contributed by atoms with Crippen molar-refractivity contribution in [2.24, 2.45) is 0 Å². The molecule has 3 amide bonds. The Balaban J connectivity index is 1.70. The van der Waals surface area contributed by atoms with E-state index >= 15 is 0 Å². The smallest absolute Gasteiger partial charge is 0.257 e. The van der Waals surface area contributed by atoms with Crippen LogP contribution in [0.4, 0.5) is 11.4 Å². The maximum Gasteiger partial charge on any atom is 0.257 e. The Hall–Kier alpha value is -3.00. The van der Waals surface area contributed by atoms with Crippen LogP contribution in [-0.4, -0.2) is 47.9 Å². The van der Waals surface area contributed by atoms with E-state index in [1.54, 1.807) is 55.6 Å². The zero-order chi connectivity index (χ0) is 19.2. The number of hydrogen-bond donors (Lipinski definition) is 2. The first-order chi connectivity index (χ1) is 13.1. The summed E-state index contributed by atoms with van der Waals surface area (Å²) in [5, 5.41) is 5.51. The average molecular weight is 385 g/mol. The number of carbonyl (C=O) groups excluding carboxylic acids is 3. The van der Waals surface area contributed by atoms with Gasteiger partial charge < -0.3 is 20.3 Å². The molecule has 0 unspecified atom stereocenters. The molecule has 1 heterocycles. The predicted molar refractivity (Wildman–Crippen MR) is 105 cm³/mol. The Bertz CT molecular complexity index is 872. The van der Waals surface area contributed by atoms with E-state index in [4.69, 9.17) is 4.74 Å². The van der Waals surface area contributed by atoms with Gasteiger partial charge in [-0.25, -0.2) is 0 Å². The molecule has 3 rings (SSSR count). The molecule has 0 radical (unpaired) electrons. The fourth-order valence-corrected chi connectivity index (χ4v) is 3.50. The number of ether oxygens (including phenoxy) is 1. The van der Waals surface area contributed by atoms with E-state index in [-0.39, 0.29) is 24.3 Å². The average Bonchev–Trinajstić information content (AvgIpc) is 3.06. The third kappa shape index (κ3) is 4.79. The summed E-state index contributed by atoms with van der Waals surface area (Å²) < 4.78 is 5.15. The Kier molecular flexibility index (Phi) is 5.97. The largest absolute Gasteiger partial charge is 0.497 e. The van der Waals surface area contributed by atoms with E-state index in [1.807, 2.05) is 0 Å². The first-order valence-corrected chi connectivity index (χ1v) is 9.42. The van der Waals surface area contributed by atoms with Crippen molar-refractivity contribution in [3.05, 3.63) is 54.1 Å². The Morgan fingerprint density at radius 2 is 1.96 bits per heavy atom. The number of hydrogen-bond acceptors (Lipinski definition) is 5. The number of amides is 3. The Morgan fingerprint density at radius 3 is 2.70 bits per heavy atom. The monoisotopic (exact) mass is 385 g/mol. The molecule has 2 aromatic rings. The van der Waals surface area contributed by atoms with Gasteiger partial charge in [0.1, 0.15) is 12.3 Å². The molecule has 0 bridgehead atoms. The third-order valence-corrected chi connectivity index (χ3v) is 4.88. The normalized spacial score (nSPS) is 13.4. The second-order valence-electron chi connectivity index (χ2n) is 5.85. The van der Waals surface area contributed by atoms with E-state index < -0.39 is 0 Å². The molecule has 1 aliphatic heterocycles. The van der Waals surface area contributed by atoms with Gasteiger partial charge >= 0.3 is 0 Å². The molecule has 2 N–H and O–H groups in total. The molecule has 0 spiro atoms. The first-order valence-electron chi connectivity index (χ1n) is 8.26. The van der Waals surface area contributed by atoms with Crippen molar-refractivity contribution >= 4 is 40.9 Å². The number of benzene rings is 2. The molecule has 1 aliphatic rings. The Labute approximate surface area is 161 Å². The van der Waals surface area contributed by atoms with Crippen LogP contribution in [-0.2, 0) is 9.59 Å². The predicted octanol–water partition coefficient (Wildman–Crippen LogP) is 2.42. The van der Waals surface area contributed by atoms with E-state index in [1.165, 1.54) is 16.7 Å². The fraction of sp³-hybridized carbons (Fsp3) is 0.211. The fourth-order valence-electron chi connectivity index (χ4n) is 2.59. The van der Waals surface area contributed by atoms with Gasteiger partial charge in [-0.1, -0.05) is 18.2 Å². The van der Waals surface area contributed by atoms with Crippen LogP contribution in [0, 0.1) is 0 Å². The van der Waals surface area contributed by atoms with Crippen LogP contribution >= 0.6 is 11.8 Å². The summed E-state index contributed by atoms with van der Waals surface area (Å²) >= 11 is 1.47. The molecule has 27 heavy (non-hydrogen) atoms. The summed E-state index contributed by atoms with van der Waals surface area (Å²) in [7, 11) is 1.55. The first kappa shape index (κ1) is 18.8. The number of thioether (sulfide) groups is 1. The highest BCUT2D eigenvalue weighted by molar-refractivity contribution is 8.00. The number of rotatable bonds is 6. The lowest BCUT2D eigenvalue weighted by molar-refractivity contribution is -0.130. The van der Waals surface area contributed by atoms with Crippen LogP contribution in [0.15, 0.2) is 48.5 Å². The van der Waals surface area contributed by atoms with Crippen molar-refractivity contribution in [2.75, 3.05) is 35.9 Å². The van der Waals surface area contributed by atoms with Gasteiger partial charge in [-0.05, 0) is 24.3 Å². The van der Waals surface area contributed by atoms with E-state index in [9.17, 15) is 14.4 Å². The number of nitrogens with one attached hydrogen (secondary N) is 2. The second-order valence-corrected chi connectivity index (χ2v) is 6.80. The summed E-state index contributed by atoms with van der Waals surface area (Å²) in [6, 6.07) is 13.7. The lowest BCUT2D eigenvalue weighted by Crippen LogP contribution is -2.34. The van der Waals surface area contributed by atoms with Crippen LogP contribution in [0.5, 0.6) is 5.75 Å². The zero-order valence-corrected chi connectivity index (χ0v) is 15.5. The number of para-hydroxylation sites is 1. The minimum atomic E-state index is -0.355. The second kappa shape index (κ2) is 8.59. The van der Waals surface area contributed by atoms with Crippen molar-refractivity contribution in [3.8, 4) is 5.75 Å². The highest BCUT2D eigenvalue weighted by Gasteiger charge is 2.23. The number of methoxy groups -OCH3 is 1. The van der Waals surface area contributed by atoms with Gasteiger partial charge in [0.25, 0.3) is 5.91 Å². The van der Waals surface area contributed by atoms with Crippen LogP contribution < -0.4 is 15.4 Å². The lowest BCUT2D eigenvalue weighted by Gasteiger charge is -2.16. The molecule has 0 atom stereocenters. The van der Waals surface area contributed by atoms with Gasteiger partial charge in [0.15, 0.2) is 0 Å². The molecule has 1 saturated heterocycles. The Morgan fingerprint density at radius 1 is 1.15 bits per heavy atom. The number of carbonyl (C=O) groups is 3. The molecule has 8 heteroatoms. The van der Waals surface area contributed by atoms with Gasteiger partial charge in [-0.3, -0.25) is 14.4 Å². The summed E-state index contributed by atoms with van der Waals surface area (Å²) in [6.45, 7) is -0.0301.